The van der Waals surface area contributed by atoms with Gasteiger partial charge in [0.05, 0.1) is 11.6 Å². The van der Waals surface area contributed by atoms with Gasteiger partial charge in [0.15, 0.2) is 0 Å². The topological polar surface area (TPSA) is 36.4 Å². The van der Waals surface area contributed by atoms with E-state index in [0.29, 0.717) is 16.6 Å². The van der Waals surface area contributed by atoms with Crippen LogP contribution in [-0.4, -0.2) is 34.6 Å². The first-order valence-corrected chi connectivity index (χ1v) is 10.9. The number of pyridine rings is 1. The van der Waals surface area contributed by atoms with Crippen LogP contribution < -0.4 is 0 Å². The van der Waals surface area contributed by atoms with E-state index in [9.17, 15) is 5.11 Å². The summed E-state index contributed by atoms with van der Waals surface area (Å²) in [7, 11) is 0. The van der Waals surface area contributed by atoms with Crippen LogP contribution in [-0.2, 0) is 0 Å². The third kappa shape index (κ3) is 4.77. The number of fused-ring (bicyclic) bond motifs is 3. The van der Waals surface area contributed by atoms with Crippen LogP contribution in [0.25, 0.3) is 21.7 Å². The summed E-state index contributed by atoms with van der Waals surface area (Å²) in [4.78, 5) is 6.94. The zero-order valence-electron chi connectivity index (χ0n) is 16.6. The van der Waals surface area contributed by atoms with Crippen molar-refractivity contribution >= 4 is 44.9 Å². The summed E-state index contributed by atoms with van der Waals surface area (Å²) in [6.07, 6.45) is 5.75. The number of benzene rings is 2. The summed E-state index contributed by atoms with van der Waals surface area (Å²) in [5.74, 6) is 0. The Kier molecular flexibility index (Phi) is 7.53. The first-order chi connectivity index (χ1) is 13.5. The van der Waals surface area contributed by atoms with Crippen molar-refractivity contribution in [3.05, 3.63) is 52.1 Å². The van der Waals surface area contributed by atoms with Crippen LogP contribution >= 0.6 is 23.2 Å². The summed E-state index contributed by atoms with van der Waals surface area (Å²) < 4.78 is 0. The highest BCUT2D eigenvalue weighted by atomic mass is 35.5. The number of unbranched alkanes of at least 4 members (excludes halogenated alkanes) is 2. The predicted molar refractivity (Wildman–Crippen MR) is 120 cm³/mol. The maximum atomic E-state index is 11.2. The van der Waals surface area contributed by atoms with Crippen LogP contribution in [0.15, 0.2) is 36.5 Å². The van der Waals surface area contributed by atoms with Gasteiger partial charge in [-0.05, 0) is 55.8 Å². The first kappa shape index (κ1) is 21.3. The molecule has 0 fully saturated rings. The van der Waals surface area contributed by atoms with Gasteiger partial charge in [0.1, 0.15) is 0 Å². The lowest BCUT2D eigenvalue weighted by Gasteiger charge is -2.26. The molecule has 0 aliphatic rings. The number of hydrogen-bond acceptors (Lipinski definition) is 3. The highest BCUT2D eigenvalue weighted by molar-refractivity contribution is 6.39. The maximum Gasteiger partial charge on any atom is 0.0923 e. The van der Waals surface area contributed by atoms with Gasteiger partial charge in [-0.15, -0.1) is 0 Å². The van der Waals surface area contributed by atoms with Crippen molar-refractivity contribution in [1.82, 2.24) is 9.88 Å². The number of nitrogens with zero attached hydrogens (tertiary/aromatic N) is 2. The van der Waals surface area contributed by atoms with Crippen LogP contribution in [0, 0.1) is 0 Å². The Morgan fingerprint density at radius 2 is 1.71 bits per heavy atom. The van der Waals surface area contributed by atoms with Gasteiger partial charge in [-0.2, -0.15) is 0 Å². The lowest BCUT2D eigenvalue weighted by Crippen LogP contribution is -2.30. The standard InChI is InChI=1S/C23H28Cl2N2O/c1-3-5-10-27(11-6-4-2)15-22(28)19-14-18-20(12-16(24)13-21(18)25)23-17(19)8-7-9-26-23/h7-9,12-14,22,28H,3-6,10-11,15H2,1-2H3. The van der Waals surface area contributed by atoms with E-state index in [4.69, 9.17) is 23.2 Å². The monoisotopic (exact) mass is 418 g/mol. The molecule has 5 heteroatoms. The molecule has 0 aliphatic carbocycles. The third-order valence-electron chi connectivity index (χ3n) is 5.21. The smallest absolute Gasteiger partial charge is 0.0923 e. The normalized spacial score (nSPS) is 12.9. The quantitative estimate of drug-likeness (QED) is 0.396. The molecule has 0 saturated heterocycles. The Labute approximate surface area is 177 Å². The molecule has 28 heavy (non-hydrogen) atoms. The minimum atomic E-state index is -0.600. The Morgan fingerprint density at radius 1 is 1.00 bits per heavy atom. The SMILES string of the molecule is CCCCN(CCCC)CC(O)c1cc2c(Cl)cc(Cl)cc2c2ncccc12. The molecule has 0 amide bonds. The van der Waals surface area contributed by atoms with Gasteiger partial charge in [0.2, 0.25) is 0 Å². The zero-order valence-corrected chi connectivity index (χ0v) is 18.1. The van der Waals surface area contributed by atoms with Gasteiger partial charge in [-0.1, -0.05) is 56.0 Å². The van der Waals surface area contributed by atoms with Crippen LogP contribution in [0.3, 0.4) is 0 Å². The van der Waals surface area contributed by atoms with Gasteiger partial charge in [-0.25, -0.2) is 0 Å². The molecule has 0 spiro atoms. The van der Waals surface area contributed by atoms with Crippen molar-refractivity contribution < 1.29 is 5.11 Å². The third-order valence-corrected chi connectivity index (χ3v) is 5.74. The second-order valence-corrected chi connectivity index (χ2v) is 8.22. The number of aromatic nitrogens is 1. The van der Waals surface area contributed by atoms with Crippen molar-refractivity contribution in [3.63, 3.8) is 0 Å². The lowest BCUT2D eigenvalue weighted by atomic mass is 9.97. The summed E-state index contributed by atoms with van der Waals surface area (Å²) in [6, 6.07) is 9.55. The highest BCUT2D eigenvalue weighted by Gasteiger charge is 2.19. The van der Waals surface area contributed by atoms with Crippen LogP contribution in [0.2, 0.25) is 10.0 Å². The highest BCUT2D eigenvalue weighted by Crippen LogP contribution is 2.36. The number of hydrogen-bond donors (Lipinski definition) is 1. The molecule has 0 radical (unpaired) electrons. The Bertz CT molecular complexity index is 937. The van der Waals surface area contributed by atoms with Crippen molar-refractivity contribution in [2.24, 2.45) is 0 Å². The number of rotatable bonds is 9. The van der Waals surface area contributed by atoms with Gasteiger partial charge in [-0.3, -0.25) is 4.98 Å². The largest absolute Gasteiger partial charge is 0.387 e. The molecule has 3 rings (SSSR count). The lowest BCUT2D eigenvalue weighted by molar-refractivity contribution is 0.112. The van der Waals surface area contributed by atoms with Crippen LogP contribution in [0.4, 0.5) is 0 Å². The molecular formula is C23H28Cl2N2O. The molecule has 1 heterocycles. The van der Waals surface area contributed by atoms with E-state index in [-0.39, 0.29) is 0 Å². The number of halogens is 2. The molecular weight excluding hydrogens is 391 g/mol. The molecule has 0 bridgehead atoms. The minimum Gasteiger partial charge on any atom is -0.387 e. The van der Waals surface area contributed by atoms with E-state index in [2.05, 4.69) is 23.7 Å². The van der Waals surface area contributed by atoms with Crippen molar-refractivity contribution in [3.8, 4) is 0 Å². The van der Waals surface area contributed by atoms with Crippen LogP contribution in [0.1, 0.15) is 51.2 Å². The van der Waals surface area contributed by atoms with Crippen molar-refractivity contribution in [2.45, 2.75) is 45.6 Å². The summed E-state index contributed by atoms with van der Waals surface area (Å²) in [5.41, 5.74) is 1.70. The van der Waals surface area contributed by atoms with Crippen molar-refractivity contribution in [2.75, 3.05) is 19.6 Å². The fourth-order valence-corrected chi connectivity index (χ4v) is 4.24. The fraction of sp³-hybridized carbons (Fsp3) is 0.435. The number of aliphatic hydroxyl groups excluding tert-OH is 1. The van der Waals surface area contributed by atoms with Crippen LogP contribution in [0.5, 0.6) is 0 Å². The van der Waals surface area contributed by atoms with Gasteiger partial charge >= 0.3 is 0 Å². The molecule has 0 saturated carbocycles. The molecule has 1 N–H and O–H groups in total. The van der Waals surface area contributed by atoms with Gasteiger partial charge in [0, 0.05) is 38.9 Å². The maximum absolute atomic E-state index is 11.2. The van der Waals surface area contributed by atoms with E-state index in [1.165, 1.54) is 0 Å². The average molecular weight is 419 g/mol. The molecule has 1 aromatic heterocycles. The van der Waals surface area contributed by atoms with E-state index in [1.807, 2.05) is 24.3 Å². The Hall–Kier alpha value is -1.39. The second kappa shape index (κ2) is 9.89. The Morgan fingerprint density at radius 3 is 2.39 bits per heavy atom. The second-order valence-electron chi connectivity index (χ2n) is 7.37. The Balaban J connectivity index is 2.02. The van der Waals surface area contributed by atoms with E-state index in [0.717, 1.165) is 66.0 Å². The molecule has 3 aromatic rings. The zero-order chi connectivity index (χ0) is 20.1. The molecule has 1 atom stereocenters. The van der Waals surface area contributed by atoms with E-state index in [1.54, 1.807) is 12.3 Å². The molecule has 150 valence electrons. The molecule has 2 aromatic carbocycles. The van der Waals surface area contributed by atoms with E-state index < -0.39 is 6.10 Å². The van der Waals surface area contributed by atoms with Gasteiger partial charge in [0.25, 0.3) is 0 Å². The summed E-state index contributed by atoms with van der Waals surface area (Å²) in [5, 5.41) is 15.1. The predicted octanol–water partition coefficient (Wildman–Crippen LogP) is 6.63. The number of aliphatic hydroxyl groups is 1. The minimum absolute atomic E-state index is 0.581. The molecule has 1 unspecified atom stereocenters. The summed E-state index contributed by atoms with van der Waals surface area (Å²) in [6.45, 7) is 7.02. The van der Waals surface area contributed by atoms with Gasteiger partial charge < -0.3 is 10.0 Å². The van der Waals surface area contributed by atoms with Crippen molar-refractivity contribution in [1.29, 1.82) is 0 Å². The van der Waals surface area contributed by atoms with E-state index >= 15 is 0 Å². The first-order valence-electron chi connectivity index (χ1n) is 10.1. The average Bonchev–Trinajstić information content (AvgIpc) is 2.69. The molecule has 0 aliphatic heterocycles. The molecule has 3 nitrogen and oxygen atoms in total. The summed E-state index contributed by atoms with van der Waals surface area (Å²) >= 11 is 12.7. The fourth-order valence-electron chi connectivity index (χ4n) is 3.69.